The van der Waals surface area contributed by atoms with Crippen molar-refractivity contribution in [1.29, 1.82) is 0 Å². The summed E-state index contributed by atoms with van der Waals surface area (Å²) in [5, 5.41) is 11.0. The quantitative estimate of drug-likeness (QED) is 0.438. The van der Waals surface area contributed by atoms with Gasteiger partial charge in [0, 0.05) is 46.3 Å². The van der Waals surface area contributed by atoms with Crippen molar-refractivity contribution in [2.45, 2.75) is 57.7 Å². The molecule has 1 atom stereocenters. The number of hydrogen-bond donors (Lipinski definition) is 2. The monoisotopic (exact) mass is 336 g/mol. The Bertz CT molecular complexity index is 615. The second kappa shape index (κ2) is 8.32. The van der Waals surface area contributed by atoms with Gasteiger partial charge in [-0.05, 0) is 32.1 Å². The fourth-order valence-corrected chi connectivity index (χ4v) is 3.27. The van der Waals surface area contributed by atoms with Crippen molar-refractivity contribution in [3.05, 3.63) is 16.3 Å². The van der Waals surface area contributed by atoms with Crippen LogP contribution in [0.3, 0.4) is 0 Å². The molecule has 1 aromatic heterocycles. The van der Waals surface area contributed by atoms with E-state index in [1.165, 1.54) is 0 Å². The van der Waals surface area contributed by atoms with E-state index in [4.69, 9.17) is 4.74 Å². The molecule has 2 N–H and O–H groups in total. The van der Waals surface area contributed by atoms with E-state index in [0.717, 1.165) is 76.6 Å². The molecule has 24 heavy (non-hydrogen) atoms. The number of aryl methyl sites for hydroxylation is 2. The predicted octanol–water partition coefficient (Wildman–Crippen LogP) is 0.115. The van der Waals surface area contributed by atoms with Crippen LogP contribution in [0.25, 0.3) is 0 Å². The van der Waals surface area contributed by atoms with Gasteiger partial charge in [-0.2, -0.15) is 5.10 Å². The fourth-order valence-electron chi connectivity index (χ4n) is 3.27. The number of aromatic nitrogens is 3. The van der Waals surface area contributed by atoms with E-state index in [1.54, 1.807) is 11.7 Å². The molecule has 1 fully saturated rings. The van der Waals surface area contributed by atoms with Crippen molar-refractivity contribution in [2.75, 3.05) is 26.7 Å². The maximum Gasteiger partial charge on any atom is 0.345 e. The first-order valence-corrected chi connectivity index (χ1v) is 9.00. The Morgan fingerprint density at radius 3 is 3.04 bits per heavy atom. The molecule has 1 unspecified atom stereocenters. The molecule has 2 aliphatic rings. The predicted molar refractivity (Wildman–Crippen MR) is 92.4 cm³/mol. The summed E-state index contributed by atoms with van der Waals surface area (Å²) < 4.78 is 9.01. The molecule has 0 saturated carbocycles. The van der Waals surface area contributed by atoms with Crippen LogP contribution in [0.5, 0.6) is 0 Å². The molecule has 3 rings (SSSR count). The average Bonchev–Trinajstić information content (AvgIpc) is 3.23. The van der Waals surface area contributed by atoms with Crippen molar-refractivity contribution >= 4 is 5.96 Å². The van der Waals surface area contributed by atoms with Gasteiger partial charge in [0.1, 0.15) is 5.82 Å². The largest absolute Gasteiger partial charge is 0.376 e. The van der Waals surface area contributed by atoms with E-state index in [1.807, 2.05) is 4.57 Å². The fraction of sp³-hybridized carbons (Fsp3) is 0.812. The molecule has 0 bridgehead atoms. The molecule has 1 saturated heterocycles. The van der Waals surface area contributed by atoms with Crippen LogP contribution in [0, 0.1) is 0 Å². The lowest BCUT2D eigenvalue weighted by atomic mass is 10.2. The number of nitrogens with zero attached hydrogens (tertiary/aromatic N) is 4. The van der Waals surface area contributed by atoms with Crippen LogP contribution in [0.4, 0.5) is 0 Å². The minimum absolute atomic E-state index is 0.0330. The van der Waals surface area contributed by atoms with Gasteiger partial charge in [-0.3, -0.25) is 9.56 Å². The Hall–Kier alpha value is -1.83. The molecule has 0 aliphatic carbocycles. The summed E-state index contributed by atoms with van der Waals surface area (Å²) in [6.45, 7) is 3.84. The second-order valence-corrected chi connectivity index (χ2v) is 6.40. The Kier molecular flexibility index (Phi) is 5.90. The van der Waals surface area contributed by atoms with Crippen LogP contribution >= 0.6 is 0 Å². The minimum atomic E-state index is 0.0330. The molecule has 2 aliphatic heterocycles. The number of hydrogen-bond acceptors (Lipinski definition) is 4. The Labute approximate surface area is 142 Å². The van der Waals surface area contributed by atoms with E-state index in [9.17, 15) is 4.79 Å². The SMILES string of the molecule is CN=C(NCCCn1nc2n(c1=O)CCCC2)NCC1CCCO1. The zero-order valence-corrected chi connectivity index (χ0v) is 14.5. The number of aliphatic imine (C=N–C) groups is 1. The zero-order chi connectivity index (χ0) is 16.8. The van der Waals surface area contributed by atoms with Gasteiger partial charge in [0.15, 0.2) is 5.96 Å². The first-order chi connectivity index (χ1) is 11.8. The van der Waals surface area contributed by atoms with E-state index in [0.29, 0.717) is 12.6 Å². The van der Waals surface area contributed by atoms with Gasteiger partial charge >= 0.3 is 5.69 Å². The summed E-state index contributed by atoms with van der Waals surface area (Å²) in [7, 11) is 1.76. The zero-order valence-electron chi connectivity index (χ0n) is 14.5. The van der Waals surface area contributed by atoms with Crippen LogP contribution in [0.1, 0.15) is 37.9 Å². The van der Waals surface area contributed by atoms with E-state index < -0.39 is 0 Å². The molecule has 0 aromatic carbocycles. The maximum atomic E-state index is 12.2. The standard InChI is InChI=1S/C16H28N6O2/c1-17-15(19-12-13-6-4-11-24-13)18-8-5-10-22-16(23)21-9-3-2-7-14(21)20-22/h13H,2-12H2,1H3,(H2,17,18,19). The summed E-state index contributed by atoms with van der Waals surface area (Å²) in [6, 6.07) is 0. The van der Waals surface area contributed by atoms with Crippen molar-refractivity contribution in [3.8, 4) is 0 Å². The molecule has 3 heterocycles. The third-order valence-electron chi connectivity index (χ3n) is 4.62. The molecule has 1 aromatic rings. The topological polar surface area (TPSA) is 85.5 Å². The summed E-state index contributed by atoms with van der Waals surface area (Å²) in [5.41, 5.74) is 0.0330. The highest BCUT2D eigenvalue weighted by Gasteiger charge is 2.17. The number of nitrogens with one attached hydrogen (secondary N) is 2. The average molecular weight is 336 g/mol. The molecule has 0 spiro atoms. The molecule has 8 heteroatoms. The lowest BCUT2D eigenvalue weighted by molar-refractivity contribution is 0.114. The summed E-state index contributed by atoms with van der Waals surface area (Å²) >= 11 is 0. The van der Waals surface area contributed by atoms with Crippen LogP contribution in [0.15, 0.2) is 9.79 Å². The summed E-state index contributed by atoms with van der Waals surface area (Å²) in [5.74, 6) is 1.72. The third kappa shape index (κ3) is 4.17. The number of guanidine groups is 1. The van der Waals surface area contributed by atoms with Gasteiger partial charge in [0.25, 0.3) is 0 Å². The number of fused-ring (bicyclic) bond motifs is 1. The molecule has 8 nitrogen and oxygen atoms in total. The normalized spacial score (nSPS) is 20.9. The van der Waals surface area contributed by atoms with Gasteiger partial charge in [-0.25, -0.2) is 9.48 Å². The van der Waals surface area contributed by atoms with Gasteiger partial charge in [0.2, 0.25) is 0 Å². The molecule has 0 amide bonds. The highest BCUT2D eigenvalue weighted by molar-refractivity contribution is 5.79. The van der Waals surface area contributed by atoms with E-state index in [-0.39, 0.29) is 5.69 Å². The molecule has 0 radical (unpaired) electrons. The van der Waals surface area contributed by atoms with E-state index >= 15 is 0 Å². The number of rotatable bonds is 6. The summed E-state index contributed by atoms with van der Waals surface area (Å²) in [6.07, 6.45) is 6.49. The van der Waals surface area contributed by atoms with Crippen LogP contribution in [-0.4, -0.2) is 53.2 Å². The Balaban J connectivity index is 1.39. The van der Waals surface area contributed by atoms with Crippen molar-refractivity contribution < 1.29 is 4.74 Å². The van der Waals surface area contributed by atoms with Gasteiger partial charge in [0.05, 0.1) is 6.10 Å². The minimum Gasteiger partial charge on any atom is -0.376 e. The molecule has 134 valence electrons. The summed E-state index contributed by atoms with van der Waals surface area (Å²) in [4.78, 5) is 16.5. The van der Waals surface area contributed by atoms with E-state index in [2.05, 4.69) is 20.7 Å². The van der Waals surface area contributed by atoms with Crippen molar-refractivity contribution in [3.63, 3.8) is 0 Å². The Morgan fingerprint density at radius 2 is 2.29 bits per heavy atom. The first kappa shape index (κ1) is 17.0. The van der Waals surface area contributed by atoms with Crippen LogP contribution in [0.2, 0.25) is 0 Å². The van der Waals surface area contributed by atoms with Gasteiger partial charge in [-0.1, -0.05) is 0 Å². The molecular formula is C16H28N6O2. The van der Waals surface area contributed by atoms with Crippen molar-refractivity contribution in [2.24, 2.45) is 4.99 Å². The lowest BCUT2D eigenvalue weighted by Gasteiger charge is -2.14. The Morgan fingerprint density at radius 1 is 1.38 bits per heavy atom. The highest BCUT2D eigenvalue weighted by atomic mass is 16.5. The van der Waals surface area contributed by atoms with Crippen LogP contribution in [-0.2, 0) is 24.2 Å². The highest BCUT2D eigenvalue weighted by Crippen LogP contribution is 2.10. The van der Waals surface area contributed by atoms with Crippen LogP contribution < -0.4 is 16.3 Å². The van der Waals surface area contributed by atoms with Crippen molar-refractivity contribution in [1.82, 2.24) is 25.0 Å². The first-order valence-electron chi connectivity index (χ1n) is 9.00. The smallest absolute Gasteiger partial charge is 0.345 e. The third-order valence-corrected chi connectivity index (χ3v) is 4.62. The second-order valence-electron chi connectivity index (χ2n) is 6.40. The van der Waals surface area contributed by atoms with Gasteiger partial charge < -0.3 is 15.4 Å². The lowest BCUT2D eigenvalue weighted by Crippen LogP contribution is -2.41. The number of ether oxygens (including phenoxy) is 1. The molecular weight excluding hydrogens is 308 g/mol. The maximum absolute atomic E-state index is 12.2. The van der Waals surface area contributed by atoms with Gasteiger partial charge in [-0.15, -0.1) is 0 Å².